The Hall–Kier alpha value is -1.38. The average molecular weight is 473 g/mol. The van der Waals surface area contributed by atoms with E-state index < -0.39 is 0 Å². The van der Waals surface area contributed by atoms with Gasteiger partial charge < -0.3 is 11.1 Å². The van der Waals surface area contributed by atoms with Crippen molar-refractivity contribution in [2.45, 2.75) is 125 Å². The molecule has 0 saturated carbocycles. The molecule has 2 atom stereocenters. The van der Waals surface area contributed by atoms with Crippen molar-refractivity contribution in [1.82, 2.24) is 5.32 Å². The molecule has 1 aliphatic heterocycles. The summed E-state index contributed by atoms with van der Waals surface area (Å²) >= 11 is 0. The molecule has 1 aromatic carbocycles. The Morgan fingerprint density at radius 2 is 1.50 bits per heavy atom. The lowest BCUT2D eigenvalue weighted by Gasteiger charge is -2.23. The predicted molar refractivity (Wildman–Crippen MR) is 159 cm³/mol. The lowest BCUT2D eigenvalue weighted by Crippen LogP contribution is -2.26. The topological polar surface area (TPSA) is 38.0 Å². The van der Waals surface area contributed by atoms with Crippen LogP contribution in [0.3, 0.4) is 0 Å². The monoisotopic (exact) mass is 472 g/mol. The molecule has 0 amide bonds. The van der Waals surface area contributed by atoms with Crippen molar-refractivity contribution in [2.24, 2.45) is 11.1 Å². The highest BCUT2D eigenvalue weighted by atomic mass is 14.9. The van der Waals surface area contributed by atoms with Gasteiger partial charge in [0.1, 0.15) is 0 Å². The molecule has 1 aromatic rings. The van der Waals surface area contributed by atoms with Crippen LogP contribution in [-0.2, 0) is 6.42 Å². The Kier molecular flexibility index (Phi) is 22.6. The number of nitrogens with one attached hydrogen (secondary N) is 1. The Bertz CT molecular complexity index is 596. The van der Waals surface area contributed by atoms with Crippen molar-refractivity contribution in [3.05, 3.63) is 54.1 Å². The van der Waals surface area contributed by atoms with Crippen molar-refractivity contribution in [2.75, 3.05) is 13.1 Å². The second kappa shape index (κ2) is 22.1. The Labute approximate surface area is 214 Å². The van der Waals surface area contributed by atoms with E-state index in [4.69, 9.17) is 5.73 Å². The van der Waals surface area contributed by atoms with Crippen LogP contribution in [0, 0.1) is 5.41 Å². The third-order valence-corrected chi connectivity index (χ3v) is 5.89. The maximum absolute atomic E-state index is 5.03. The van der Waals surface area contributed by atoms with Gasteiger partial charge in [0.15, 0.2) is 0 Å². The Balaban J connectivity index is 0. The van der Waals surface area contributed by atoms with Crippen LogP contribution in [0.4, 0.5) is 0 Å². The van der Waals surface area contributed by atoms with E-state index in [2.05, 4.69) is 104 Å². The summed E-state index contributed by atoms with van der Waals surface area (Å²) in [5.41, 5.74) is 9.97. The molecule has 34 heavy (non-hydrogen) atoms. The average Bonchev–Trinajstić information content (AvgIpc) is 3.32. The molecule has 1 fully saturated rings. The number of hydrogen-bond acceptors (Lipinski definition) is 2. The van der Waals surface area contributed by atoms with Crippen LogP contribution < -0.4 is 11.1 Å². The van der Waals surface area contributed by atoms with Crippen molar-refractivity contribution >= 4 is 6.08 Å². The van der Waals surface area contributed by atoms with E-state index >= 15 is 0 Å². The van der Waals surface area contributed by atoms with E-state index in [-0.39, 0.29) is 0 Å². The molecular formula is C32H60N2. The molecule has 1 aliphatic carbocycles. The molecule has 198 valence electrons. The number of unbranched alkanes of at least 4 members (excludes halogenated alkanes) is 2. The fraction of sp³-hybridized carbons (Fsp3) is 0.688. The molecule has 0 aromatic heterocycles. The van der Waals surface area contributed by atoms with Crippen molar-refractivity contribution in [1.29, 1.82) is 0 Å². The molecule has 0 bridgehead atoms. The van der Waals surface area contributed by atoms with Gasteiger partial charge in [-0.2, -0.15) is 0 Å². The van der Waals surface area contributed by atoms with Crippen LogP contribution in [-0.4, -0.2) is 19.1 Å². The van der Waals surface area contributed by atoms with Crippen LogP contribution in [0.1, 0.15) is 129 Å². The molecule has 0 radical (unpaired) electrons. The minimum absolute atomic E-state index is 0.424. The lowest BCUT2D eigenvalue weighted by atomic mass is 9.85. The van der Waals surface area contributed by atoms with Gasteiger partial charge in [-0.15, -0.1) is 13.2 Å². The van der Waals surface area contributed by atoms with E-state index in [1.165, 1.54) is 56.9 Å². The molecular weight excluding hydrogens is 412 g/mol. The zero-order chi connectivity index (χ0) is 26.4. The van der Waals surface area contributed by atoms with Crippen molar-refractivity contribution in [3.63, 3.8) is 0 Å². The highest BCUT2D eigenvalue weighted by Crippen LogP contribution is 2.33. The quantitative estimate of drug-likeness (QED) is 0.419. The van der Waals surface area contributed by atoms with E-state index in [0.717, 1.165) is 19.5 Å². The summed E-state index contributed by atoms with van der Waals surface area (Å²) in [6.07, 6.45) is 15.9. The Morgan fingerprint density at radius 1 is 0.941 bits per heavy atom. The van der Waals surface area contributed by atoms with E-state index in [1.807, 2.05) is 0 Å². The van der Waals surface area contributed by atoms with Gasteiger partial charge in [0.05, 0.1) is 0 Å². The van der Waals surface area contributed by atoms with Gasteiger partial charge in [-0.25, -0.2) is 0 Å². The first kappa shape index (κ1) is 34.8. The van der Waals surface area contributed by atoms with Crippen LogP contribution in [0.2, 0.25) is 0 Å². The largest absolute Gasteiger partial charge is 0.330 e. The summed E-state index contributed by atoms with van der Waals surface area (Å²) in [5, 5.41) is 3.73. The molecule has 1 saturated heterocycles. The fourth-order valence-corrected chi connectivity index (χ4v) is 3.68. The second-order valence-electron chi connectivity index (χ2n) is 10.5. The van der Waals surface area contributed by atoms with E-state index in [9.17, 15) is 0 Å². The zero-order valence-electron chi connectivity index (χ0n) is 24.3. The van der Waals surface area contributed by atoms with Crippen molar-refractivity contribution < 1.29 is 0 Å². The number of rotatable bonds is 5. The number of allylic oxidation sites excluding steroid dienone is 1. The Morgan fingerprint density at radius 3 is 1.97 bits per heavy atom. The van der Waals surface area contributed by atoms with Gasteiger partial charge in [-0.05, 0) is 66.7 Å². The second-order valence-corrected chi connectivity index (χ2v) is 10.5. The molecule has 2 heteroatoms. The number of aryl methyl sites for hydroxylation is 1. The van der Waals surface area contributed by atoms with Gasteiger partial charge in [0.25, 0.3) is 0 Å². The maximum Gasteiger partial charge on any atom is 0.00785 e. The molecule has 2 unspecified atom stereocenters. The minimum Gasteiger partial charge on any atom is -0.330 e. The number of hydrogen-bond donors (Lipinski definition) is 2. The van der Waals surface area contributed by atoms with Gasteiger partial charge in [0.2, 0.25) is 0 Å². The first-order chi connectivity index (χ1) is 16.3. The van der Waals surface area contributed by atoms with Gasteiger partial charge in [-0.1, -0.05) is 111 Å². The summed E-state index contributed by atoms with van der Waals surface area (Å²) in [4.78, 5) is 0. The molecule has 1 heterocycles. The smallest absolute Gasteiger partial charge is 0.00785 e. The molecule has 3 rings (SSSR count). The predicted octanol–water partition coefficient (Wildman–Crippen LogP) is 9.30. The van der Waals surface area contributed by atoms with Crippen molar-refractivity contribution in [3.8, 4) is 0 Å². The van der Waals surface area contributed by atoms with Gasteiger partial charge in [0, 0.05) is 12.6 Å². The van der Waals surface area contributed by atoms with Gasteiger partial charge in [-0.3, -0.25) is 0 Å². The van der Waals surface area contributed by atoms with Crippen LogP contribution >= 0.6 is 0 Å². The van der Waals surface area contributed by atoms with E-state index in [0.29, 0.717) is 17.4 Å². The SMILES string of the molecule is C=C.CC(C)(C)CC1CC(c2ccc3c(c2)CCC=C3)CN1.CCCC.CCCC.CCCN. The van der Waals surface area contributed by atoms with Crippen LogP contribution in [0.25, 0.3) is 6.08 Å². The first-order valence-electron chi connectivity index (χ1n) is 14.0. The first-order valence-corrected chi connectivity index (χ1v) is 14.0. The molecule has 0 spiro atoms. The highest BCUT2D eigenvalue weighted by molar-refractivity contribution is 5.57. The van der Waals surface area contributed by atoms with E-state index in [1.54, 1.807) is 11.1 Å². The summed E-state index contributed by atoms with van der Waals surface area (Å²) in [5.74, 6) is 0.707. The number of benzene rings is 1. The molecule has 3 N–H and O–H groups in total. The van der Waals surface area contributed by atoms with Gasteiger partial charge >= 0.3 is 0 Å². The number of nitrogens with two attached hydrogens (primary N) is 1. The maximum atomic E-state index is 5.03. The number of fused-ring (bicyclic) bond motifs is 1. The third kappa shape index (κ3) is 17.1. The minimum atomic E-state index is 0.424. The summed E-state index contributed by atoms with van der Waals surface area (Å²) in [7, 11) is 0. The van der Waals surface area contributed by atoms with Crippen LogP contribution in [0.5, 0.6) is 0 Å². The molecule has 2 aliphatic rings. The standard InChI is InChI=1S/C19H27N.2C4H10.C3H9N.C2H4/c1-19(2,3)12-18-11-17(13-20-18)16-9-8-14-6-4-5-7-15(14)10-16;2*1-3-4-2;1-2-3-4;1-2/h4,6,8-10,17-18,20H,5,7,11-13H2,1-3H3;2*3-4H2,1-2H3;2-4H2,1H3;1-2H2. The third-order valence-electron chi connectivity index (χ3n) is 5.89. The fourth-order valence-electron chi connectivity index (χ4n) is 3.68. The summed E-state index contributed by atoms with van der Waals surface area (Å²) in [6.45, 7) is 25.8. The molecule has 2 nitrogen and oxygen atoms in total. The zero-order valence-corrected chi connectivity index (χ0v) is 24.3. The highest BCUT2D eigenvalue weighted by Gasteiger charge is 2.28. The summed E-state index contributed by atoms with van der Waals surface area (Å²) < 4.78 is 0. The summed E-state index contributed by atoms with van der Waals surface area (Å²) in [6, 6.07) is 7.82. The van der Waals surface area contributed by atoms with Crippen LogP contribution in [0.15, 0.2) is 37.4 Å². The normalized spacial score (nSPS) is 17.9. The lowest BCUT2D eigenvalue weighted by molar-refractivity contribution is 0.324.